The van der Waals surface area contributed by atoms with Crippen LogP contribution in [0.2, 0.25) is 0 Å². The minimum Gasteiger partial charge on any atom is -0.507 e. The molecule has 8 heteroatoms. The summed E-state index contributed by atoms with van der Waals surface area (Å²) in [4.78, 5) is 31.9. The Morgan fingerprint density at radius 2 is 1.73 bits per heavy atom. The molecule has 3 aromatic rings. The number of hydrogen-bond acceptors (Lipinski definition) is 6. The van der Waals surface area contributed by atoms with E-state index in [9.17, 15) is 19.1 Å². The first kappa shape index (κ1) is 25.9. The van der Waals surface area contributed by atoms with Crippen molar-refractivity contribution in [3.05, 3.63) is 95.1 Å². The quantitative estimate of drug-likeness (QED) is 0.172. The normalized spacial score (nSPS) is 16.7. The Bertz CT molecular complexity index is 1290. The van der Waals surface area contributed by atoms with Gasteiger partial charge in [0.2, 0.25) is 0 Å². The number of likely N-dealkylation sites (tertiary alicyclic amines) is 1. The summed E-state index contributed by atoms with van der Waals surface area (Å²) in [6.07, 6.45) is 5.08. The number of nitrogens with zero attached hydrogens (tertiary/aromatic N) is 2. The standard InChI is InChI=1S/C29H29FN2O5/c1-3-5-16-37-23-11-8-21(17-24(23)36-4-2)26-25(27(33)20-6-9-22(30)10-7-20)28(34)29(35)32(26)18-19-12-14-31-15-13-19/h6-15,17,26,33H,3-5,16,18H2,1-2H3/b27-25+. The summed E-state index contributed by atoms with van der Waals surface area (Å²) in [5.41, 5.74) is 1.50. The Morgan fingerprint density at radius 1 is 1.00 bits per heavy atom. The van der Waals surface area contributed by atoms with Gasteiger partial charge in [-0.1, -0.05) is 19.4 Å². The molecule has 1 saturated heterocycles. The average molecular weight is 505 g/mol. The highest BCUT2D eigenvalue weighted by Gasteiger charge is 2.46. The second-order valence-corrected chi connectivity index (χ2v) is 8.63. The van der Waals surface area contributed by atoms with Crippen molar-refractivity contribution in [2.45, 2.75) is 39.3 Å². The van der Waals surface area contributed by atoms with E-state index in [1.165, 1.54) is 29.2 Å². The number of Topliss-reactive ketones (excluding diaryl/α,β-unsaturated/α-hetero) is 1. The minimum atomic E-state index is -0.901. The summed E-state index contributed by atoms with van der Waals surface area (Å²) >= 11 is 0. The van der Waals surface area contributed by atoms with Crippen molar-refractivity contribution in [2.75, 3.05) is 13.2 Å². The fourth-order valence-electron chi connectivity index (χ4n) is 4.25. The van der Waals surface area contributed by atoms with Crippen molar-refractivity contribution in [3.8, 4) is 11.5 Å². The number of ether oxygens (including phenoxy) is 2. The molecule has 1 unspecified atom stereocenters. The van der Waals surface area contributed by atoms with Gasteiger partial charge in [0, 0.05) is 24.5 Å². The van der Waals surface area contributed by atoms with Gasteiger partial charge in [-0.2, -0.15) is 0 Å². The van der Waals surface area contributed by atoms with Crippen LogP contribution in [0.15, 0.2) is 72.6 Å². The monoisotopic (exact) mass is 504 g/mol. The number of aliphatic hydroxyl groups is 1. The molecule has 1 N–H and O–H groups in total. The number of unbranched alkanes of at least 4 members (excludes halogenated alkanes) is 1. The lowest BCUT2D eigenvalue weighted by molar-refractivity contribution is -0.140. The summed E-state index contributed by atoms with van der Waals surface area (Å²) in [7, 11) is 0. The van der Waals surface area contributed by atoms with E-state index in [1.807, 2.05) is 6.92 Å². The van der Waals surface area contributed by atoms with Gasteiger partial charge in [0.25, 0.3) is 11.7 Å². The number of aliphatic hydroxyl groups excluding tert-OH is 1. The molecule has 1 aromatic heterocycles. The molecule has 0 aliphatic carbocycles. The zero-order chi connectivity index (χ0) is 26.4. The van der Waals surface area contributed by atoms with E-state index < -0.39 is 23.5 Å². The number of rotatable bonds is 10. The third kappa shape index (κ3) is 5.63. The maximum Gasteiger partial charge on any atom is 0.295 e. The SMILES string of the molecule is CCCCOc1ccc(C2/C(=C(\O)c3ccc(F)cc3)C(=O)C(=O)N2Cc2ccncc2)cc1OCC. The molecule has 0 radical (unpaired) electrons. The van der Waals surface area contributed by atoms with Crippen molar-refractivity contribution in [3.63, 3.8) is 0 Å². The first-order valence-electron chi connectivity index (χ1n) is 12.3. The Balaban J connectivity index is 1.83. The van der Waals surface area contributed by atoms with E-state index in [1.54, 1.807) is 42.7 Å². The zero-order valence-electron chi connectivity index (χ0n) is 20.8. The number of halogens is 1. The molecule has 1 aliphatic heterocycles. The first-order chi connectivity index (χ1) is 17.9. The van der Waals surface area contributed by atoms with Gasteiger partial charge in [0.1, 0.15) is 11.6 Å². The highest BCUT2D eigenvalue weighted by Crippen LogP contribution is 2.42. The van der Waals surface area contributed by atoms with E-state index >= 15 is 0 Å². The number of benzene rings is 2. The first-order valence-corrected chi connectivity index (χ1v) is 12.3. The van der Waals surface area contributed by atoms with Crippen molar-refractivity contribution < 1.29 is 28.6 Å². The number of carbonyl (C=O) groups is 2. The van der Waals surface area contributed by atoms with E-state index in [0.29, 0.717) is 30.3 Å². The van der Waals surface area contributed by atoms with E-state index in [0.717, 1.165) is 18.4 Å². The molecular weight excluding hydrogens is 475 g/mol. The molecule has 2 heterocycles. The molecule has 1 aliphatic rings. The predicted octanol–water partition coefficient (Wildman–Crippen LogP) is 5.42. The number of aromatic nitrogens is 1. The van der Waals surface area contributed by atoms with Crippen LogP contribution in [0.3, 0.4) is 0 Å². The summed E-state index contributed by atoms with van der Waals surface area (Å²) in [6.45, 7) is 4.97. The molecule has 37 heavy (non-hydrogen) atoms. The van der Waals surface area contributed by atoms with Crippen LogP contribution >= 0.6 is 0 Å². The van der Waals surface area contributed by atoms with Gasteiger partial charge >= 0.3 is 0 Å². The highest BCUT2D eigenvalue weighted by atomic mass is 19.1. The van der Waals surface area contributed by atoms with Crippen molar-refractivity contribution in [2.24, 2.45) is 0 Å². The van der Waals surface area contributed by atoms with E-state index in [4.69, 9.17) is 9.47 Å². The summed E-state index contributed by atoms with van der Waals surface area (Å²) in [5.74, 6) is -1.38. The molecule has 4 rings (SSSR count). The molecule has 7 nitrogen and oxygen atoms in total. The zero-order valence-corrected chi connectivity index (χ0v) is 20.8. The number of hydrogen-bond donors (Lipinski definition) is 1. The van der Waals surface area contributed by atoms with Crippen molar-refractivity contribution >= 4 is 17.4 Å². The molecule has 192 valence electrons. The lowest BCUT2D eigenvalue weighted by Gasteiger charge is -2.26. The lowest BCUT2D eigenvalue weighted by atomic mass is 9.94. The largest absolute Gasteiger partial charge is 0.507 e. The van der Waals surface area contributed by atoms with Gasteiger partial charge in [0.15, 0.2) is 11.5 Å². The molecule has 1 amide bonds. The molecule has 1 atom stereocenters. The van der Waals surface area contributed by atoms with Crippen LogP contribution in [0.4, 0.5) is 4.39 Å². The molecular formula is C29H29FN2O5. The van der Waals surface area contributed by atoms with Crippen LogP contribution in [-0.4, -0.2) is 39.9 Å². The summed E-state index contributed by atoms with van der Waals surface area (Å²) < 4.78 is 25.2. The molecule has 1 fully saturated rings. The van der Waals surface area contributed by atoms with Gasteiger partial charge < -0.3 is 19.5 Å². The minimum absolute atomic E-state index is 0.0761. The maximum absolute atomic E-state index is 13.5. The van der Waals surface area contributed by atoms with Crippen LogP contribution in [0, 0.1) is 5.82 Å². The number of carbonyl (C=O) groups excluding carboxylic acids is 2. The Hall–Kier alpha value is -4.20. The third-order valence-corrected chi connectivity index (χ3v) is 6.10. The smallest absolute Gasteiger partial charge is 0.295 e. The average Bonchev–Trinajstić information content (AvgIpc) is 3.15. The van der Waals surface area contributed by atoms with Crippen LogP contribution < -0.4 is 9.47 Å². The lowest BCUT2D eigenvalue weighted by Crippen LogP contribution is -2.29. The number of pyridine rings is 1. The Morgan fingerprint density at radius 3 is 2.41 bits per heavy atom. The Labute approximate surface area is 215 Å². The van der Waals surface area contributed by atoms with Gasteiger partial charge in [-0.3, -0.25) is 14.6 Å². The third-order valence-electron chi connectivity index (χ3n) is 6.10. The fraction of sp³-hybridized carbons (Fsp3) is 0.276. The molecule has 0 bridgehead atoms. The van der Waals surface area contributed by atoms with Crippen LogP contribution in [0.5, 0.6) is 11.5 Å². The Kier molecular flexibility index (Phi) is 8.18. The molecule has 2 aromatic carbocycles. The maximum atomic E-state index is 13.5. The summed E-state index contributed by atoms with van der Waals surface area (Å²) in [6, 6.07) is 13.0. The molecule has 0 spiro atoms. The second-order valence-electron chi connectivity index (χ2n) is 8.63. The van der Waals surface area contributed by atoms with Gasteiger partial charge in [0.05, 0.1) is 24.8 Å². The van der Waals surface area contributed by atoms with Crippen LogP contribution in [0.1, 0.15) is 49.4 Å². The van der Waals surface area contributed by atoms with Crippen molar-refractivity contribution in [1.29, 1.82) is 0 Å². The molecule has 0 saturated carbocycles. The van der Waals surface area contributed by atoms with Crippen LogP contribution in [-0.2, 0) is 16.1 Å². The van der Waals surface area contributed by atoms with E-state index in [-0.39, 0.29) is 23.4 Å². The van der Waals surface area contributed by atoms with Gasteiger partial charge in [-0.25, -0.2) is 4.39 Å². The van der Waals surface area contributed by atoms with Crippen molar-refractivity contribution in [1.82, 2.24) is 9.88 Å². The highest BCUT2D eigenvalue weighted by molar-refractivity contribution is 6.46. The van der Waals surface area contributed by atoms with Crippen LogP contribution in [0.25, 0.3) is 5.76 Å². The van der Waals surface area contributed by atoms with Gasteiger partial charge in [-0.05, 0) is 73.0 Å². The number of ketones is 1. The second kappa shape index (κ2) is 11.7. The fourth-order valence-corrected chi connectivity index (χ4v) is 4.25. The van der Waals surface area contributed by atoms with Gasteiger partial charge in [-0.15, -0.1) is 0 Å². The number of amides is 1. The van der Waals surface area contributed by atoms with E-state index in [2.05, 4.69) is 11.9 Å². The summed E-state index contributed by atoms with van der Waals surface area (Å²) in [5, 5.41) is 11.2. The topological polar surface area (TPSA) is 89.0 Å². The predicted molar refractivity (Wildman–Crippen MR) is 136 cm³/mol.